The molecular weight excluding hydrogens is 470 g/mol. The first-order chi connectivity index (χ1) is 16.7. The highest BCUT2D eigenvalue weighted by Gasteiger charge is 2.33. The zero-order chi connectivity index (χ0) is 25.2. The van der Waals surface area contributed by atoms with Gasteiger partial charge in [-0.2, -0.15) is 0 Å². The molecule has 2 amide bonds. The summed E-state index contributed by atoms with van der Waals surface area (Å²) in [7, 11) is 0. The first kappa shape index (κ1) is 25.3. The van der Waals surface area contributed by atoms with Gasteiger partial charge in [0.05, 0.1) is 23.5 Å². The zero-order valence-electron chi connectivity index (χ0n) is 20.4. The van der Waals surface area contributed by atoms with Crippen molar-refractivity contribution in [2.75, 3.05) is 38.2 Å². The van der Waals surface area contributed by atoms with E-state index < -0.39 is 5.54 Å². The van der Waals surface area contributed by atoms with E-state index in [1.54, 1.807) is 17.2 Å². The number of fused-ring (bicyclic) bond motifs is 1. The maximum absolute atomic E-state index is 13.2. The lowest BCUT2D eigenvalue weighted by atomic mass is 10.0. The fraction of sp³-hybridized carbons (Fsp3) is 0.520. The van der Waals surface area contributed by atoms with Crippen molar-refractivity contribution in [3.8, 4) is 11.3 Å². The van der Waals surface area contributed by atoms with Crippen molar-refractivity contribution in [2.24, 2.45) is 0 Å². The predicted molar refractivity (Wildman–Crippen MR) is 133 cm³/mol. The van der Waals surface area contributed by atoms with Gasteiger partial charge in [-0.25, -0.2) is 9.97 Å². The number of nitrogens with zero attached hydrogens (tertiary/aromatic N) is 4. The summed E-state index contributed by atoms with van der Waals surface area (Å²) in [4.78, 5) is 38.2. The van der Waals surface area contributed by atoms with E-state index in [0.29, 0.717) is 47.6 Å². The Hall–Kier alpha value is -2.75. The number of aromatic nitrogens is 2. The van der Waals surface area contributed by atoms with Gasteiger partial charge in [0.2, 0.25) is 11.9 Å². The number of halogens is 1. The molecule has 9 nitrogen and oxygen atoms in total. The molecular formula is C25H32ClN5O4. The zero-order valence-corrected chi connectivity index (χ0v) is 21.1. The molecule has 1 aromatic heterocycles. The number of aliphatic hydroxyl groups is 1. The van der Waals surface area contributed by atoms with Gasteiger partial charge in [-0.3, -0.25) is 9.59 Å². The van der Waals surface area contributed by atoms with E-state index in [0.717, 1.165) is 18.4 Å². The molecule has 4 rings (SSSR count). The third-order valence-corrected chi connectivity index (χ3v) is 6.60. The Morgan fingerprint density at radius 3 is 2.74 bits per heavy atom. The van der Waals surface area contributed by atoms with Gasteiger partial charge in [-0.15, -0.1) is 0 Å². The number of hydrogen-bond donors (Lipinski definition) is 2. The SMILES string of the molecule is CC(C)(C)N(CCO)C(=O)CN1Cc2ccc(-c3nc(NC4CCOCC4)ncc3Cl)cc2C1=O. The number of carbonyl (C=O) groups excluding carboxylic acids is 2. The van der Waals surface area contributed by atoms with Gasteiger partial charge in [0, 0.05) is 49.0 Å². The summed E-state index contributed by atoms with van der Waals surface area (Å²) in [6.07, 6.45) is 3.33. The summed E-state index contributed by atoms with van der Waals surface area (Å²) in [6.45, 7) is 7.52. The van der Waals surface area contributed by atoms with Crippen LogP contribution in [-0.2, 0) is 16.1 Å². The number of nitrogens with one attached hydrogen (secondary N) is 1. The molecule has 0 spiro atoms. The standard InChI is InChI=1S/C25H32ClN5O4/c1-25(2,3)31(8-9-32)21(33)15-30-14-17-5-4-16(12-19(17)23(30)34)22-20(26)13-27-24(29-22)28-18-6-10-35-11-7-18/h4-5,12-13,18,32H,6-11,14-15H2,1-3H3,(H,27,28,29). The van der Waals surface area contributed by atoms with Crippen LogP contribution < -0.4 is 5.32 Å². The minimum atomic E-state index is -0.456. The van der Waals surface area contributed by atoms with Gasteiger partial charge in [-0.1, -0.05) is 23.7 Å². The largest absolute Gasteiger partial charge is 0.395 e. The molecule has 10 heteroatoms. The van der Waals surface area contributed by atoms with Gasteiger partial charge in [0.1, 0.15) is 6.54 Å². The van der Waals surface area contributed by atoms with E-state index in [9.17, 15) is 14.7 Å². The molecule has 0 radical (unpaired) electrons. The second-order valence-corrected chi connectivity index (χ2v) is 10.3. The molecule has 1 fully saturated rings. The van der Waals surface area contributed by atoms with Crippen LogP contribution in [0.15, 0.2) is 24.4 Å². The molecule has 2 N–H and O–H groups in total. The lowest BCUT2D eigenvalue weighted by Gasteiger charge is -2.36. The minimum absolute atomic E-state index is 0.0481. The number of benzene rings is 1. The molecule has 0 unspecified atom stereocenters. The molecule has 0 aliphatic carbocycles. The maximum atomic E-state index is 13.2. The van der Waals surface area contributed by atoms with Gasteiger partial charge in [0.15, 0.2) is 0 Å². The van der Waals surface area contributed by atoms with Crippen molar-refractivity contribution in [1.82, 2.24) is 19.8 Å². The molecule has 3 heterocycles. The Morgan fingerprint density at radius 2 is 2.06 bits per heavy atom. The van der Waals surface area contributed by atoms with Crippen LogP contribution >= 0.6 is 11.6 Å². The smallest absolute Gasteiger partial charge is 0.254 e. The third kappa shape index (κ3) is 5.74. The second-order valence-electron chi connectivity index (χ2n) is 9.89. The summed E-state index contributed by atoms with van der Waals surface area (Å²) in [5, 5.41) is 13.1. The highest BCUT2D eigenvalue weighted by atomic mass is 35.5. The van der Waals surface area contributed by atoms with Crippen LogP contribution in [0.4, 0.5) is 5.95 Å². The number of hydrogen-bond acceptors (Lipinski definition) is 7. The van der Waals surface area contributed by atoms with E-state index in [-0.39, 0.29) is 37.6 Å². The Morgan fingerprint density at radius 1 is 1.31 bits per heavy atom. The summed E-state index contributed by atoms with van der Waals surface area (Å²) in [5.74, 6) is 0.0795. The number of carbonyl (C=O) groups is 2. The molecule has 2 aliphatic heterocycles. The summed E-state index contributed by atoms with van der Waals surface area (Å²) in [6, 6.07) is 5.79. The second kappa shape index (κ2) is 10.5. The summed E-state index contributed by atoms with van der Waals surface area (Å²) >= 11 is 6.43. The van der Waals surface area contributed by atoms with Gasteiger partial charge in [-0.05, 0) is 45.2 Å². The number of anilines is 1. The molecule has 2 aromatic rings. The fourth-order valence-electron chi connectivity index (χ4n) is 4.48. The summed E-state index contributed by atoms with van der Waals surface area (Å²) < 4.78 is 5.40. The number of rotatable bonds is 7. The quantitative estimate of drug-likeness (QED) is 0.600. The van der Waals surface area contributed by atoms with E-state index in [4.69, 9.17) is 16.3 Å². The van der Waals surface area contributed by atoms with E-state index in [2.05, 4.69) is 15.3 Å². The number of ether oxygens (including phenoxy) is 1. The molecule has 188 valence electrons. The van der Waals surface area contributed by atoms with Crippen molar-refractivity contribution in [3.05, 3.63) is 40.5 Å². The first-order valence-corrected chi connectivity index (χ1v) is 12.3. The van der Waals surface area contributed by atoms with Crippen LogP contribution in [0, 0.1) is 0 Å². The highest BCUT2D eigenvalue weighted by Crippen LogP contribution is 2.32. The number of amides is 2. The van der Waals surface area contributed by atoms with Crippen LogP contribution in [0.1, 0.15) is 49.5 Å². The molecule has 1 aromatic carbocycles. The number of β-amino-alcohol motifs (C(OH)–C–C–N with tert-alkyl or cyclic N) is 1. The molecule has 35 heavy (non-hydrogen) atoms. The maximum Gasteiger partial charge on any atom is 0.254 e. The molecule has 0 saturated carbocycles. The van der Waals surface area contributed by atoms with Gasteiger partial charge >= 0.3 is 0 Å². The summed E-state index contributed by atoms with van der Waals surface area (Å²) in [5.41, 5.74) is 2.19. The van der Waals surface area contributed by atoms with Crippen molar-refractivity contribution >= 4 is 29.4 Å². The fourth-order valence-corrected chi connectivity index (χ4v) is 4.68. The third-order valence-electron chi connectivity index (χ3n) is 6.32. The van der Waals surface area contributed by atoms with Crippen molar-refractivity contribution in [2.45, 2.75) is 51.7 Å². The minimum Gasteiger partial charge on any atom is -0.395 e. The monoisotopic (exact) mass is 501 g/mol. The molecule has 0 bridgehead atoms. The Balaban J connectivity index is 1.52. The molecule has 0 atom stereocenters. The van der Waals surface area contributed by atoms with Crippen molar-refractivity contribution in [1.29, 1.82) is 0 Å². The highest BCUT2D eigenvalue weighted by molar-refractivity contribution is 6.33. The van der Waals surface area contributed by atoms with Crippen LogP contribution in [0.25, 0.3) is 11.3 Å². The Kier molecular flexibility index (Phi) is 7.59. The lowest BCUT2D eigenvalue weighted by Crippen LogP contribution is -2.50. The van der Waals surface area contributed by atoms with Crippen LogP contribution in [0.2, 0.25) is 5.02 Å². The molecule has 2 aliphatic rings. The van der Waals surface area contributed by atoms with E-state index in [1.165, 1.54) is 4.90 Å². The average Bonchev–Trinajstić information content (AvgIpc) is 3.13. The topological polar surface area (TPSA) is 108 Å². The lowest BCUT2D eigenvalue weighted by molar-refractivity contribution is -0.137. The van der Waals surface area contributed by atoms with Crippen LogP contribution in [0.3, 0.4) is 0 Å². The van der Waals surface area contributed by atoms with Crippen molar-refractivity contribution < 1.29 is 19.4 Å². The molecule has 1 saturated heterocycles. The number of aliphatic hydroxyl groups excluding tert-OH is 1. The first-order valence-electron chi connectivity index (χ1n) is 11.9. The predicted octanol–water partition coefficient (Wildman–Crippen LogP) is 2.96. The van der Waals surface area contributed by atoms with Gasteiger partial charge < -0.3 is 25.0 Å². The van der Waals surface area contributed by atoms with Gasteiger partial charge in [0.25, 0.3) is 5.91 Å². The Bertz CT molecular complexity index is 1100. The van der Waals surface area contributed by atoms with Crippen LogP contribution in [0.5, 0.6) is 0 Å². The Labute approximate surface area is 210 Å². The van der Waals surface area contributed by atoms with Crippen molar-refractivity contribution in [3.63, 3.8) is 0 Å². The van der Waals surface area contributed by atoms with E-state index in [1.807, 2.05) is 32.9 Å². The normalized spacial score (nSPS) is 16.4. The van der Waals surface area contributed by atoms with E-state index >= 15 is 0 Å². The van der Waals surface area contributed by atoms with Crippen LogP contribution in [-0.4, -0.2) is 81.2 Å². The average molecular weight is 502 g/mol.